The Morgan fingerprint density at radius 2 is 1.87 bits per heavy atom. The second-order valence-corrected chi connectivity index (χ2v) is 4.72. The molecule has 0 aromatic carbocycles. The first-order valence-electron chi connectivity index (χ1n) is 5.66. The van der Waals surface area contributed by atoms with Crippen molar-refractivity contribution < 1.29 is 9.59 Å². The summed E-state index contributed by atoms with van der Waals surface area (Å²) in [6, 6.07) is -0.329. The summed E-state index contributed by atoms with van der Waals surface area (Å²) in [7, 11) is 1.72. The number of piperazine rings is 1. The molecule has 2 rings (SSSR count). The molecule has 1 aliphatic carbocycles. The number of hydrogen-bond acceptors (Lipinski definition) is 2. The third-order valence-corrected chi connectivity index (χ3v) is 3.76. The van der Waals surface area contributed by atoms with Gasteiger partial charge in [0.25, 0.3) is 0 Å². The maximum absolute atomic E-state index is 12.2. The highest BCUT2D eigenvalue weighted by atomic mass is 16.2. The van der Waals surface area contributed by atoms with Crippen molar-refractivity contribution in [2.75, 3.05) is 7.05 Å². The van der Waals surface area contributed by atoms with Crippen molar-refractivity contribution in [1.82, 2.24) is 10.2 Å². The predicted molar refractivity (Wildman–Crippen MR) is 56.2 cm³/mol. The molecule has 1 unspecified atom stereocenters. The fourth-order valence-corrected chi connectivity index (χ4v) is 2.58. The minimum atomic E-state index is -0.573. The van der Waals surface area contributed by atoms with Crippen LogP contribution in [0.5, 0.6) is 0 Å². The van der Waals surface area contributed by atoms with E-state index >= 15 is 0 Å². The molecule has 1 aliphatic heterocycles. The zero-order valence-corrected chi connectivity index (χ0v) is 9.38. The first-order chi connectivity index (χ1) is 7.07. The van der Waals surface area contributed by atoms with Crippen LogP contribution in [0.3, 0.4) is 0 Å². The standard InChI is InChI=1S/C11H18N2O2/c1-8-9(14)12-11(10(15)13(8)2)6-4-3-5-7-11/h8H,3-7H2,1-2H3,(H,12,14). The Kier molecular flexibility index (Phi) is 2.44. The number of carbonyl (C=O) groups excluding carboxylic acids is 2. The Labute approximate surface area is 90.0 Å². The van der Waals surface area contributed by atoms with Crippen molar-refractivity contribution in [3.63, 3.8) is 0 Å². The topological polar surface area (TPSA) is 49.4 Å². The van der Waals surface area contributed by atoms with Gasteiger partial charge in [-0.15, -0.1) is 0 Å². The van der Waals surface area contributed by atoms with Crippen molar-refractivity contribution in [2.45, 2.75) is 50.6 Å². The maximum Gasteiger partial charge on any atom is 0.248 e. The quantitative estimate of drug-likeness (QED) is 0.638. The molecule has 0 radical (unpaired) electrons. The van der Waals surface area contributed by atoms with Gasteiger partial charge < -0.3 is 10.2 Å². The molecule has 2 aliphatic rings. The van der Waals surface area contributed by atoms with Crippen LogP contribution in [0.1, 0.15) is 39.0 Å². The molecule has 4 nitrogen and oxygen atoms in total. The highest BCUT2D eigenvalue weighted by molar-refractivity contribution is 5.99. The van der Waals surface area contributed by atoms with Gasteiger partial charge in [0.2, 0.25) is 11.8 Å². The van der Waals surface area contributed by atoms with E-state index in [1.165, 1.54) is 6.42 Å². The molecule has 1 saturated heterocycles. The van der Waals surface area contributed by atoms with Crippen LogP contribution >= 0.6 is 0 Å². The number of carbonyl (C=O) groups is 2. The van der Waals surface area contributed by atoms with Gasteiger partial charge in [0, 0.05) is 7.05 Å². The van der Waals surface area contributed by atoms with Crippen LogP contribution < -0.4 is 5.32 Å². The fourth-order valence-electron chi connectivity index (χ4n) is 2.58. The van der Waals surface area contributed by atoms with E-state index in [4.69, 9.17) is 0 Å². The van der Waals surface area contributed by atoms with E-state index in [0.717, 1.165) is 25.7 Å². The van der Waals surface area contributed by atoms with Crippen LogP contribution in [0.25, 0.3) is 0 Å². The third kappa shape index (κ3) is 1.52. The second-order valence-electron chi connectivity index (χ2n) is 4.72. The molecule has 0 aromatic heterocycles. The summed E-state index contributed by atoms with van der Waals surface area (Å²) in [5, 5.41) is 2.93. The van der Waals surface area contributed by atoms with Crippen molar-refractivity contribution in [2.24, 2.45) is 0 Å². The summed E-state index contributed by atoms with van der Waals surface area (Å²) in [5.41, 5.74) is -0.573. The van der Waals surface area contributed by atoms with Crippen LogP contribution in [0, 0.1) is 0 Å². The predicted octanol–water partition coefficient (Wildman–Crippen LogP) is 0.666. The Morgan fingerprint density at radius 3 is 2.47 bits per heavy atom. The zero-order valence-electron chi connectivity index (χ0n) is 9.38. The van der Waals surface area contributed by atoms with Crippen LogP contribution in [0.4, 0.5) is 0 Å². The molecule has 4 heteroatoms. The van der Waals surface area contributed by atoms with Gasteiger partial charge in [0.15, 0.2) is 0 Å². The van der Waals surface area contributed by atoms with E-state index in [-0.39, 0.29) is 17.9 Å². The zero-order chi connectivity index (χ0) is 11.1. The number of nitrogens with zero attached hydrogens (tertiary/aromatic N) is 1. The smallest absolute Gasteiger partial charge is 0.248 e. The molecule has 15 heavy (non-hydrogen) atoms. The number of likely N-dealkylation sites (N-methyl/N-ethyl adjacent to an activating group) is 1. The van der Waals surface area contributed by atoms with Gasteiger partial charge in [-0.2, -0.15) is 0 Å². The Balaban J connectivity index is 2.25. The number of amides is 2. The second kappa shape index (κ2) is 3.51. The molecule has 1 atom stereocenters. The monoisotopic (exact) mass is 210 g/mol. The Hall–Kier alpha value is -1.06. The molecule has 84 valence electrons. The molecular weight excluding hydrogens is 192 g/mol. The highest BCUT2D eigenvalue weighted by Crippen LogP contribution is 2.32. The SMILES string of the molecule is CC1C(=O)NC2(CCCCC2)C(=O)N1C. The van der Waals surface area contributed by atoms with Crippen molar-refractivity contribution in [3.05, 3.63) is 0 Å². The van der Waals surface area contributed by atoms with Gasteiger partial charge in [0.1, 0.15) is 11.6 Å². The van der Waals surface area contributed by atoms with Crippen molar-refractivity contribution >= 4 is 11.8 Å². The van der Waals surface area contributed by atoms with Gasteiger partial charge in [-0.1, -0.05) is 19.3 Å². The van der Waals surface area contributed by atoms with Gasteiger partial charge in [-0.3, -0.25) is 9.59 Å². The number of rotatable bonds is 0. The largest absolute Gasteiger partial charge is 0.340 e. The molecule has 1 saturated carbocycles. The normalized spacial score (nSPS) is 30.5. The number of nitrogens with one attached hydrogen (secondary N) is 1. The molecule has 1 heterocycles. The molecule has 2 amide bonds. The fraction of sp³-hybridized carbons (Fsp3) is 0.818. The first kappa shape index (κ1) is 10.5. The van der Waals surface area contributed by atoms with Crippen molar-refractivity contribution in [3.8, 4) is 0 Å². The average molecular weight is 210 g/mol. The summed E-state index contributed by atoms with van der Waals surface area (Å²) >= 11 is 0. The summed E-state index contributed by atoms with van der Waals surface area (Å²) < 4.78 is 0. The molecule has 0 aromatic rings. The lowest BCUT2D eigenvalue weighted by molar-refractivity contribution is -0.154. The van der Waals surface area contributed by atoms with Crippen LogP contribution in [0.15, 0.2) is 0 Å². The van der Waals surface area contributed by atoms with E-state index in [1.807, 2.05) is 0 Å². The van der Waals surface area contributed by atoms with Gasteiger partial charge in [-0.05, 0) is 19.8 Å². The molecular formula is C11H18N2O2. The van der Waals surface area contributed by atoms with Crippen molar-refractivity contribution in [1.29, 1.82) is 0 Å². The summed E-state index contributed by atoms with van der Waals surface area (Å²) in [5.74, 6) is 0.0771. The minimum Gasteiger partial charge on any atom is -0.340 e. The summed E-state index contributed by atoms with van der Waals surface area (Å²) in [4.78, 5) is 25.5. The van der Waals surface area contributed by atoms with E-state index < -0.39 is 5.54 Å². The average Bonchev–Trinajstić information content (AvgIpc) is 2.25. The van der Waals surface area contributed by atoms with Gasteiger partial charge >= 0.3 is 0 Å². The van der Waals surface area contributed by atoms with Crippen LogP contribution in [-0.2, 0) is 9.59 Å². The minimum absolute atomic E-state index is 0.0148. The lowest BCUT2D eigenvalue weighted by atomic mass is 9.79. The van der Waals surface area contributed by atoms with Gasteiger partial charge in [-0.25, -0.2) is 0 Å². The lowest BCUT2D eigenvalue weighted by Gasteiger charge is -2.45. The molecule has 2 fully saturated rings. The van der Waals surface area contributed by atoms with Crippen LogP contribution in [-0.4, -0.2) is 35.3 Å². The highest BCUT2D eigenvalue weighted by Gasteiger charge is 2.48. The first-order valence-corrected chi connectivity index (χ1v) is 5.66. The number of hydrogen-bond donors (Lipinski definition) is 1. The summed E-state index contributed by atoms with van der Waals surface area (Å²) in [6.45, 7) is 1.77. The summed E-state index contributed by atoms with van der Waals surface area (Å²) in [6.07, 6.45) is 4.84. The van der Waals surface area contributed by atoms with E-state index in [9.17, 15) is 9.59 Å². The van der Waals surface area contributed by atoms with Gasteiger partial charge in [0.05, 0.1) is 0 Å². The molecule has 1 spiro atoms. The van der Waals surface area contributed by atoms with Crippen LogP contribution in [0.2, 0.25) is 0 Å². The Bertz CT molecular complexity index is 295. The Morgan fingerprint density at radius 1 is 1.27 bits per heavy atom. The molecule has 0 bridgehead atoms. The van der Waals surface area contributed by atoms with E-state index in [1.54, 1.807) is 18.9 Å². The lowest BCUT2D eigenvalue weighted by Crippen LogP contribution is -2.69. The third-order valence-electron chi connectivity index (χ3n) is 3.76. The van der Waals surface area contributed by atoms with E-state index in [0.29, 0.717) is 0 Å². The van der Waals surface area contributed by atoms with E-state index in [2.05, 4.69) is 5.32 Å². The molecule has 1 N–H and O–H groups in total. The maximum atomic E-state index is 12.2.